The minimum atomic E-state index is -0.128. The predicted octanol–water partition coefficient (Wildman–Crippen LogP) is 3.58. The third kappa shape index (κ3) is 3.58. The first kappa shape index (κ1) is 15.9. The number of carbonyl (C=O) groups is 1. The van der Waals surface area contributed by atoms with Gasteiger partial charge in [0.15, 0.2) is 11.5 Å². The Bertz CT molecular complexity index is 625. The Morgan fingerprint density at radius 2 is 1.73 bits per heavy atom. The molecule has 0 saturated carbocycles. The molecule has 0 spiro atoms. The number of amides is 1. The monoisotopic (exact) mass is 299 g/mol. The number of hydrogen-bond donors (Lipinski definition) is 1. The Hall–Kier alpha value is -2.49. The molecule has 0 aliphatic carbocycles. The summed E-state index contributed by atoms with van der Waals surface area (Å²) in [6, 6.07) is 15.1. The van der Waals surface area contributed by atoms with E-state index in [0.29, 0.717) is 17.1 Å². The topological polar surface area (TPSA) is 47.6 Å². The lowest BCUT2D eigenvalue weighted by Crippen LogP contribution is -2.28. The van der Waals surface area contributed by atoms with Gasteiger partial charge in [-0.3, -0.25) is 4.79 Å². The van der Waals surface area contributed by atoms with Crippen molar-refractivity contribution in [3.05, 3.63) is 59.7 Å². The summed E-state index contributed by atoms with van der Waals surface area (Å²) in [5.74, 6) is 1.02. The quantitative estimate of drug-likeness (QED) is 0.887. The normalized spacial score (nSPS) is 11.6. The van der Waals surface area contributed by atoms with Crippen molar-refractivity contribution in [2.45, 2.75) is 19.4 Å². The van der Waals surface area contributed by atoms with Crippen LogP contribution in [0.1, 0.15) is 35.3 Å². The molecular formula is C18H21NO3. The van der Waals surface area contributed by atoms with Gasteiger partial charge in [-0.1, -0.05) is 37.3 Å². The van der Waals surface area contributed by atoms with E-state index >= 15 is 0 Å². The summed E-state index contributed by atoms with van der Waals surface area (Å²) in [4.78, 5) is 12.4. The van der Waals surface area contributed by atoms with Gasteiger partial charge in [0.05, 0.1) is 20.3 Å². The molecule has 2 rings (SSSR count). The van der Waals surface area contributed by atoms with Gasteiger partial charge in [-0.25, -0.2) is 0 Å². The van der Waals surface area contributed by atoms with Gasteiger partial charge in [0, 0.05) is 5.56 Å². The molecule has 0 aromatic heterocycles. The lowest BCUT2D eigenvalue weighted by Gasteiger charge is -2.18. The fourth-order valence-electron chi connectivity index (χ4n) is 2.33. The summed E-state index contributed by atoms with van der Waals surface area (Å²) in [6.07, 6.45) is 0.822. The van der Waals surface area contributed by atoms with E-state index in [4.69, 9.17) is 9.47 Å². The standard InChI is InChI=1S/C18H21NO3/c1-4-15(13-8-6-5-7-9-13)19-18(20)14-10-11-16(21-2)17(12-14)22-3/h5-12,15H,4H2,1-3H3,(H,19,20). The Labute approximate surface area is 131 Å². The first-order chi connectivity index (χ1) is 10.7. The van der Waals surface area contributed by atoms with Crippen LogP contribution in [0.3, 0.4) is 0 Å². The lowest BCUT2D eigenvalue weighted by molar-refractivity contribution is 0.0935. The molecule has 0 aliphatic heterocycles. The SMILES string of the molecule is CCC(NC(=O)c1ccc(OC)c(OC)c1)c1ccccc1. The van der Waals surface area contributed by atoms with Crippen molar-refractivity contribution < 1.29 is 14.3 Å². The molecule has 1 atom stereocenters. The van der Waals surface area contributed by atoms with Crippen molar-refractivity contribution in [1.82, 2.24) is 5.32 Å². The van der Waals surface area contributed by atoms with Crippen molar-refractivity contribution in [2.24, 2.45) is 0 Å². The molecule has 116 valence electrons. The van der Waals surface area contributed by atoms with E-state index in [0.717, 1.165) is 12.0 Å². The average molecular weight is 299 g/mol. The largest absolute Gasteiger partial charge is 0.493 e. The third-order valence-corrected chi connectivity index (χ3v) is 3.56. The highest BCUT2D eigenvalue weighted by Crippen LogP contribution is 2.28. The highest BCUT2D eigenvalue weighted by Gasteiger charge is 2.15. The zero-order valence-corrected chi connectivity index (χ0v) is 13.1. The van der Waals surface area contributed by atoms with Gasteiger partial charge in [0.2, 0.25) is 0 Å². The van der Waals surface area contributed by atoms with Crippen molar-refractivity contribution in [2.75, 3.05) is 14.2 Å². The number of methoxy groups -OCH3 is 2. The molecule has 1 N–H and O–H groups in total. The number of carbonyl (C=O) groups excluding carboxylic acids is 1. The highest BCUT2D eigenvalue weighted by atomic mass is 16.5. The molecule has 4 heteroatoms. The van der Waals surface area contributed by atoms with Crippen LogP contribution < -0.4 is 14.8 Å². The van der Waals surface area contributed by atoms with Crippen LogP contribution in [0, 0.1) is 0 Å². The number of hydrogen-bond acceptors (Lipinski definition) is 3. The van der Waals surface area contributed by atoms with Gasteiger partial charge in [0.25, 0.3) is 5.91 Å². The van der Waals surface area contributed by atoms with Crippen LogP contribution in [0.25, 0.3) is 0 Å². The lowest BCUT2D eigenvalue weighted by atomic mass is 10.0. The van der Waals surface area contributed by atoms with Gasteiger partial charge in [0.1, 0.15) is 0 Å². The molecule has 4 nitrogen and oxygen atoms in total. The van der Waals surface area contributed by atoms with E-state index in [1.54, 1.807) is 32.4 Å². The summed E-state index contributed by atoms with van der Waals surface area (Å²) in [7, 11) is 3.12. The fraction of sp³-hybridized carbons (Fsp3) is 0.278. The number of benzene rings is 2. The molecule has 0 saturated heterocycles. The van der Waals surface area contributed by atoms with Gasteiger partial charge in [-0.2, -0.15) is 0 Å². The van der Waals surface area contributed by atoms with Crippen LogP contribution in [0.2, 0.25) is 0 Å². The zero-order chi connectivity index (χ0) is 15.9. The molecule has 22 heavy (non-hydrogen) atoms. The van der Waals surface area contributed by atoms with Crippen LogP contribution in [-0.2, 0) is 0 Å². The first-order valence-electron chi connectivity index (χ1n) is 7.27. The van der Waals surface area contributed by atoms with Crippen molar-refractivity contribution in [3.8, 4) is 11.5 Å². The van der Waals surface area contributed by atoms with Gasteiger partial charge >= 0.3 is 0 Å². The average Bonchev–Trinajstić information content (AvgIpc) is 2.59. The van der Waals surface area contributed by atoms with E-state index in [1.807, 2.05) is 37.3 Å². The van der Waals surface area contributed by atoms with E-state index in [-0.39, 0.29) is 11.9 Å². The second kappa shape index (κ2) is 7.50. The summed E-state index contributed by atoms with van der Waals surface area (Å²) >= 11 is 0. The Morgan fingerprint density at radius 3 is 2.32 bits per heavy atom. The van der Waals surface area contributed by atoms with E-state index < -0.39 is 0 Å². The van der Waals surface area contributed by atoms with Crippen molar-refractivity contribution in [1.29, 1.82) is 0 Å². The molecule has 1 unspecified atom stereocenters. The molecule has 0 aliphatic rings. The molecule has 0 fully saturated rings. The minimum Gasteiger partial charge on any atom is -0.493 e. The zero-order valence-electron chi connectivity index (χ0n) is 13.1. The first-order valence-corrected chi connectivity index (χ1v) is 7.27. The molecule has 0 bridgehead atoms. The molecule has 2 aromatic rings. The Morgan fingerprint density at radius 1 is 1.05 bits per heavy atom. The Balaban J connectivity index is 2.17. The highest BCUT2D eigenvalue weighted by molar-refractivity contribution is 5.95. The number of rotatable bonds is 6. The molecule has 1 amide bonds. The van der Waals surface area contributed by atoms with E-state index in [9.17, 15) is 4.79 Å². The van der Waals surface area contributed by atoms with Crippen LogP contribution in [0.5, 0.6) is 11.5 Å². The second-order valence-electron chi connectivity index (χ2n) is 4.91. The maximum absolute atomic E-state index is 12.4. The summed E-state index contributed by atoms with van der Waals surface area (Å²) in [6.45, 7) is 2.05. The summed E-state index contributed by atoms with van der Waals surface area (Å²) in [5.41, 5.74) is 1.64. The fourth-order valence-corrected chi connectivity index (χ4v) is 2.33. The van der Waals surface area contributed by atoms with E-state index in [2.05, 4.69) is 5.32 Å². The molecule has 0 heterocycles. The van der Waals surface area contributed by atoms with Crippen LogP contribution in [0.15, 0.2) is 48.5 Å². The predicted molar refractivity (Wildman–Crippen MR) is 86.5 cm³/mol. The molecule has 0 radical (unpaired) electrons. The Kier molecular flexibility index (Phi) is 5.42. The third-order valence-electron chi connectivity index (χ3n) is 3.56. The summed E-state index contributed by atoms with van der Waals surface area (Å²) < 4.78 is 10.4. The van der Waals surface area contributed by atoms with Crippen LogP contribution in [0.4, 0.5) is 0 Å². The maximum atomic E-state index is 12.4. The van der Waals surface area contributed by atoms with Crippen LogP contribution >= 0.6 is 0 Å². The minimum absolute atomic E-state index is 0.0122. The smallest absolute Gasteiger partial charge is 0.251 e. The van der Waals surface area contributed by atoms with Gasteiger partial charge in [-0.15, -0.1) is 0 Å². The van der Waals surface area contributed by atoms with Crippen molar-refractivity contribution in [3.63, 3.8) is 0 Å². The van der Waals surface area contributed by atoms with Crippen LogP contribution in [-0.4, -0.2) is 20.1 Å². The van der Waals surface area contributed by atoms with Gasteiger partial charge in [-0.05, 0) is 30.2 Å². The number of ether oxygens (including phenoxy) is 2. The molecule has 2 aromatic carbocycles. The second-order valence-corrected chi connectivity index (χ2v) is 4.91. The molecular weight excluding hydrogens is 278 g/mol. The van der Waals surface area contributed by atoms with Crippen molar-refractivity contribution >= 4 is 5.91 Å². The van der Waals surface area contributed by atoms with E-state index in [1.165, 1.54) is 0 Å². The van der Waals surface area contributed by atoms with Gasteiger partial charge < -0.3 is 14.8 Å². The number of nitrogens with one attached hydrogen (secondary N) is 1. The summed E-state index contributed by atoms with van der Waals surface area (Å²) in [5, 5.41) is 3.05. The maximum Gasteiger partial charge on any atom is 0.251 e.